The number of rotatable bonds is 6. The van der Waals surface area contributed by atoms with Gasteiger partial charge in [0, 0.05) is 16.7 Å². The maximum Gasteiger partial charge on any atom is 0.416 e. The van der Waals surface area contributed by atoms with E-state index in [1.165, 1.54) is 32.4 Å². The van der Waals surface area contributed by atoms with Crippen LogP contribution in [0.25, 0.3) is 0 Å². The molecule has 142 valence electrons. The molecular formula is C18H16F3N3O3. The summed E-state index contributed by atoms with van der Waals surface area (Å²) in [5.41, 5.74) is 5.05. The largest absolute Gasteiger partial charge is 0.416 e. The van der Waals surface area contributed by atoms with Crippen molar-refractivity contribution < 1.29 is 27.6 Å². The maximum atomic E-state index is 13.1. The Morgan fingerprint density at radius 1 is 0.963 bits per heavy atom. The molecule has 0 spiro atoms. The monoisotopic (exact) mass is 379 g/mol. The summed E-state index contributed by atoms with van der Waals surface area (Å²) in [6.07, 6.45) is -4.52. The van der Waals surface area contributed by atoms with Gasteiger partial charge in [-0.05, 0) is 12.1 Å². The molecule has 0 heterocycles. The van der Waals surface area contributed by atoms with E-state index in [1.54, 1.807) is 18.2 Å². The zero-order valence-corrected chi connectivity index (χ0v) is 14.4. The lowest BCUT2D eigenvalue weighted by Gasteiger charge is -2.13. The van der Waals surface area contributed by atoms with Gasteiger partial charge in [0.05, 0.1) is 5.56 Å². The molecule has 0 radical (unpaired) electrons. The number of halogens is 3. The summed E-state index contributed by atoms with van der Waals surface area (Å²) < 4.78 is 39.2. The van der Waals surface area contributed by atoms with Crippen molar-refractivity contribution in [1.29, 1.82) is 0 Å². The van der Waals surface area contributed by atoms with E-state index in [-0.39, 0.29) is 22.6 Å². The molecule has 0 aliphatic carbocycles. The molecule has 0 aliphatic rings. The number of benzene rings is 2. The lowest BCUT2D eigenvalue weighted by molar-refractivity contribution is -0.137. The Bertz CT molecular complexity index is 893. The van der Waals surface area contributed by atoms with Crippen molar-refractivity contribution in [2.24, 2.45) is 16.0 Å². The number of amides is 1. The van der Waals surface area contributed by atoms with Gasteiger partial charge in [-0.1, -0.05) is 46.7 Å². The Morgan fingerprint density at radius 2 is 1.59 bits per heavy atom. The van der Waals surface area contributed by atoms with E-state index in [2.05, 4.69) is 15.1 Å². The summed E-state index contributed by atoms with van der Waals surface area (Å²) in [4.78, 5) is 21.2. The predicted octanol–water partition coefficient (Wildman–Crippen LogP) is 2.94. The first-order chi connectivity index (χ1) is 12.8. The molecule has 0 saturated heterocycles. The Hall–Kier alpha value is -3.36. The summed E-state index contributed by atoms with van der Waals surface area (Å²) in [7, 11) is 2.50. The van der Waals surface area contributed by atoms with Crippen LogP contribution in [0.4, 0.5) is 13.2 Å². The van der Waals surface area contributed by atoms with Crippen molar-refractivity contribution in [3.8, 4) is 0 Å². The molecular weight excluding hydrogens is 363 g/mol. The van der Waals surface area contributed by atoms with Gasteiger partial charge in [-0.3, -0.25) is 4.79 Å². The highest BCUT2D eigenvalue weighted by Gasteiger charge is 2.31. The Balaban J connectivity index is 2.69. The van der Waals surface area contributed by atoms with Gasteiger partial charge in [-0.15, -0.1) is 0 Å². The van der Waals surface area contributed by atoms with E-state index in [1.807, 2.05) is 0 Å². The van der Waals surface area contributed by atoms with Crippen molar-refractivity contribution in [2.45, 2.75) is 6.18 Å². The molecule has 1 amide bonds. The number of oxime groups is 2. The Morgan fingerprint density at radius 3 is 2.15 bits per heavy atom. The fourth-order valence-corrected chi connectivity index (χ4v) is 2.41. The fraction of sp³-hybridized carbons (Fsp3) is 0.167. The van der Waals surface area contributed by atoms with Crippen molar-refractivity contribution in [3.63, 3.8) is 0 Å². The first-order valence-electron chi connectivity index (χ1n) is 7.59. The van der Waals surface area contributed by atoms with Crippen molar-refractivity contribution in [1.82, 2.24) is 0 Å². The average molecular weight is 379 g/mol. The van der Waals surface area contributed by atoms with E-state index in [4.69, 9.17) is 10.6 Å². The van der Waals surface area contributed by atoms with Crippen LogP contribution >= 0.6 is 0 Å². The summed E-state index contributed by atoms with van der Waals surface area (Å²) in [6.45, 7) is 0. The van der Waals surface area contributed by atoms with Crippen LogP contribution < -0.4 is 5.73 Å². The molecule has 0 unspecified atom stereocenters. The first kappa shape index (κ1) is 20.0. The van der Waals surface area contributed by atoms with Crippen molar-refractivity contribution in [3.05, 3.63) is 70.8 Å². The summed E-state index contributed by atoms with van der Waals surface area (Å²) in [5, 5.41) is 7.47. The third-order valence-corrected chi connectivity index (χ3v) is 3.50. The van der Waals surface area contributed by atoms with Gasteiger partial charge < -0.3 is 15.4 Å². The van der Waals surface area contributed by atoms with Gasteiger partial charge in [-0.25, -0.2) is 0 Å². The minimum atomic E-state index is -4.52. The van der Waals surface area contributed by atoms with E-state index < -0.39 is 17.6 Å². The van der Waals surface area contributed by atoms with Crippen LogP contribution in [-0.4, -0.2) is 31.6 Å². The number of primary amides is 1. The number of hydrogen-bond donors (Lipinski definition) is 1. The molecule has 2 N–H and O–H groups in total. The molecule has 0 aromatic heterocycles. The molecule has 2 aromatic carbocycles. The second-order valence-corrected chi connectivity index (χ2v) is 5.23. The van der Waals surface area contributed by atoms with Gasteiger partial charge >= 0.3 is 6.18 Å². The Labute approximate surface area is 153 Å². The third kappa shape index (κ3) is 4.63. The number of carbonyl (C=O) groups is 1. The number of hydrogen-bond acceptors (Lipinski definition) is 5. The summed E-state index contributed by atoms with van der Waals surface area (Å²) in [5.74, 6) is -0.870. The molecule has 6 nitrogen and oxygen atoms in total. The zero-order chi connectivity index (χ0) is 20.0. The van der Waals surface area contributed by atoms with Crippen LogP contribution in [0.5, 0.6) is 0 Å². The molecule has 0 fully saturated rings. The van der Waals surface area contributed by atoms with Crippen LogP contribution in [0.3, 0.4) is 0 Å². The molecule has 0 atom stereocenters. The molecule has 2 aromatic rings. The van der Waals surface area contributed by atoms with Gasteiger partial charge in [0.15, 0.2) is 5.71 Å². The topological polar surface area (TPSA) is 86.3 Å². The number of nitrogens with two attached hydrogens (primary N) is 1. The van der Waals surface area contributed by atoms with Crippen LogP contribution in [0, 0.1) is 0 Å². The molecule has 2 rings (SSSR count). The average Bonchev–Trinajstić information content (AvgIpc) is 2.63. The van der Waals surface area contributed by atoms with E-state index in [0.29, 0.717) is 5.56 Å². The van der Waals surface area contributed by atoms with Gasteiger partial charge in [0.2, 0.25) is 0 Å². The second-order valence-electron chi connectivity index (χ2n) is 5.23. The SMILES string of the molecule is CON=C(C(N)=O)c1ccccc1C(=NOC)c1cccc(C(F)(F)F)c1. The quantitative estimate of drug-likeness (QED) is 0.618. The number of carbonyl (C=O) groups excluding carboxylic acids is 1. The van der Waals surface area contributed by atoms with E-state index >= 15 is 0 Å². The van der Waals surface area contributed by atoms with Crippen LogP contribution in [0.2, 0.25) is 0 Å². The molecule has 0 saturated carbocycles. The highest BCUT2D eigenvalue weighted by atomic mass is 19.4. The molecule has 9 heteroatoms. The van der Waals surface area contributed by atoms with Gasteiger partial charge in [0.25, 0.3) is 5.91 Å². The van der Waals surface area contributed by atoms with Crippen LogP contribution in [0.15, 0.2) is 58.8 Å². The third-order valence-electron chi connectivity index (χ3n) is 3.50. The number of alkyl halides is 3. The van der Waals surface area contributed by atoms with E-state index in [9.17, 15) is 18.0 Å². The van der Waals surface area contributed by atoms with Crippen molar-refractivity contribution in [2.75, 3.05) is 14.2 Å². The van der Waals surface area contributed by atoms with Crippen LogP contribution in [0.1, 0.15) is 22.3 Å². The highest BCUT2D eigenvalue weighted by Crippen LogP contribution is 2.30. The second kappa shape index (κ2) is 8.35. The summed E-state index contributed by atoms with van der Waals surface area (Å²) in [6, 6.07) is 10.9. The van der Waals surface area contributed by atoms with Crippen molar-refractivity contribution >= 4 is 17.3 Å². The molecule has 0 bridgehead atoms. The van der Waals surface area contributed by atoms with Gasteiger partial charge in [-0.2, -0.15) is 13.2 Å². The van der Waals surface area contributed by atoms with E-state index in [0.717, 1.165) is 12.1 Å². The standard InChI is InChI=1S/C18H16F3N3O3/c1-26-23-15(11-6-5-7-12(10-11)18(19,20)21)13-8-3-4-9-14(13)16(17(22)25)24-27-2/h3-10H,1-2H3,(H2,22,25). The molecule has 27 heavy (non-hydrogen) atoms. The normalized spacial score (nSPS) is 12.6. The Kier molecular flexibility index (Phi) is 6.17. The molecule has 0 aliphatic heterocycles. The predicted molar refractivity (Wildman–Crippen MR) is 93.3 cm³/mol. The minimum absolute atomic E-state index is 0.0734. The highest BCUT2D eigenvalue weighted by molar-refractivity contribution is 6.46. The summed E-state index contributed by atoms with van der Waals surface area (Å²) >= 11 is 0. The maximum absolute atomic E-state index is 13.1. The van der Waals surface area contributed by atoms with Crippen LogP contribution in [-0.2, 0) is 20.6 Å². The lowest BCUT2D eigenvalue weighted by atomic mass is 9.94. The minimum Gasteiger partial charge on any atom is -0.399 e. The smallest absolute Gasteiger partial charge is 0.399 e. The number of nitrogens with zero attached hydrogens (tertiary/aromatic N) is 2. The van der Waals surface area contributed by atoms with Gasteiger partial charge in [0.1, 0.15) is 19.9 Å². The zero-order valence-electron chi connectivity index (χ0n) is 14.4. The lowest BCUT2D eigenvalue weighted by Crippen LogP contribution is -2.26. The first-order valence-corrected chi connectivity index (χ1v) is 7.59. The fourth-order valence-electron chi connectivity index (χ4n) is 2.41.